The number of aromatic amines is 2. The van der Waals surface area contributed by atoms with E-state index in [2.05, 4.69) is 9.97 Å². The van der Waals surface area contributed by atoms with Gasteiger partial charge in [-0.3, -0.25) is 9.59 Å². The lowest BCUT2D eigenvalue weighted by molar-refractivity contribution is 0.103. The first-order valence-electron chi connectivity index (χ1n) is 13.0. The van der Waals surface area contributed by atoms with Gasteiger partial charge >= 0.3 is 0 Å². The first-order valence-corrected chi connectivity index (χ1v) is 13.0. The molecule has 6 heteroatoms. The van der Waals surface area contributed by atoms with E-state index in [-0.39, 0.29) is 23.1 Å². The Bertz CT molecular complexity index is 1850. The minimum Gasteiger partial charge on any atom is -0.505 e. The zero-order chi connectivity index (χ0) is 28.6. The van der Waals surface area contributed by atoms with Crippen molar-refractivity contribution in [2.45, 2.75) is 27.7 Å². The highest BCUT2D eigenvalue weighted by atomic mass is 16.3. The molecule has 0 amide bonds. The summed E-state index contributed by atoms with van der Waals surface area (Å²) >= 11 is 0. The van der Waals surface area contributed by atoms with Crippen molar-refractivity contribution in [1.82, 2.24) is 9.97 Å². The molecule has 200 valence electrons. The number of aromatic nitrogens is 2. The quantitative estimate of drug-likeness (QED) is 0.136. The summed E-state index contributed by atoms with van der Waals surface area (Å²) in [5, 5.41) is 24.6. The Labute approximate surface area is 231 Å². The number of carbonyl (C=O) groups excluding carboxylic acids is 2. The zero-order valence-electron chi connectivity index (χ0n) is 22.8. The van der Waals surface area contributed by atoms with Crippen LogP contribution in [0, 0.1) is 0 Å². The Kier molecular flexibility index (Phi) is 7.01. The van der Waals surface area contributed by atoms with Crippen LogP contribution in [-0.2, 0) is 0 Å². The van der Waals surface area contributed by atoms with Crippen LogP contribution >= 0.6 is 0 Å². The normalized spacial score (nSPS) is 10.9. The average molecular weight is 531 g/mol. The predicted octanol–water partition coefficient (Wildman–Crippen LogP) is 8.35. The Morgan fingerprint density at radius 1 is 0.550 bits per heavy atom. The van der Waals surface area contributed by atoms with Gasteiger partial charge in [0.25, 0.3) is 0 Å². The largest absolute Gasteiger partial charge is 0.505 e. The molecule has 6 aromatic rings. The van der Waals surface area contributed by atoms with Crippen molar-refractivity contribution in [2.24, 2.45) is 0 Å². The van der Waals surface area contributed by atoms with Crippen LogP contribution in [0.4, 0.5) is 0 Å². The molecule has 40 heavy (non-hydrogen) atoms. The molecule has 4 aromatic carbocycles. The highest BCUT2D eigenvalue weighted by Crippen LogP contribution is 2.35. The standard InChI is InChI=1S/2C17H15NO2/c2*1-10(2)9-15(19)13-8-7-12-11-5-3-4-6-14(11)18-16(12)17(13)20/h2*3-9,18,20H,1-2H3. The van der Waals surface area contributed by atoms with Gasteiger partial charge in [0.05, 0.1) is 22.2 Å². The molecule has 0 bridgehead atoms. The fraction of sp³-hybridized carbons (Fsp3) is 0.118. The molecule has 0 fully saturated rings. The summed E-state index contributed by atoms with van der Waals surface area (Å²) < 4.78 is 0. The van der Waals surface area contributed by atoms with Gasteiger partial charge in [-0.2, -0.15) is 0 Å². The number of rotatable bonds is 4. The second kappa shape index (κ2) is 10.6. The molecule has 2 heterocycles. The molecule has 0 radical (unpaired) electrons. The van der Waals surface area contributed by atoms with Crippen LogP contribution in [0.25, 0.3) is 43.6 Å². The number of H-pyrrole nitrogens is 2. The third-order valence-corrected chi connectivity index (χ3v) is 6.68. The number of hydrogen-bond donors (Lipinski definition) is 4. The molecule has 0 spiro atoms. The average Bonchev–Trinajstić information content (AvgIpc) is 3.48. The van der Waals surface area contributed by atoms with E-state index in [9.17, 15) is 19.8 Å². The van der Waals surface area contributed by atoms with Crippen LogP contribution in [0.1, 0.15) is 48.4 Å². The van der Waals surface area contributed by atoms with E-state index >= 15 is 0 Å². The predicted molar refractivity (Wildman–Crippen MR) is 162 cm³/mol. The molecule has 0 aliphatic rings. The van der Waals surface area contributed by atoms with E-state index < -0.39 is 0 Å². The Balaban J connectivity index is 0.000000161. The molecule has 0 unspecified atom stereocenters. The SMILES string of the molecule is CC(C)=CC(=O)c1ccc2c([nH]c3ccccc32)c1O.CC(C)=CC(=O)c1ccc2c([nH]c3ccccc32)c1O. The van der Waals surface area contributed by atoms with Crippen molar-refractivity contribution in [3.63, 3.8) is 0 Å². The number of nitrogens with one attached hydrogen (secondary N) is 2. The van der Waals surface area contributed by atoms with Crippen LogP contribution < -0.4 is 0 Å². The second-order valence-electron chi connectivity index (χ2n) is 10.3. The third-order valence-electron chi connectivity index (χ3n) is 6.68. The molecule has 0 aliphatic carbocycles. The number of aromatic hydroxyl groups is 2. The van der Waals surface area contributed by atoms with Gasteiger partial charge in [-0.05, 0) is 64.1 Å². The maximum absolute atomic E-state index is 12.1. The van der Waals surface area contributed by atoms with Gasteiger partial charge in [0.1, 0.15) is 0 Å². The second-order valence-corrected chi connectivity index (χ2v) is 10.3. The van der Waals surface area contributed by atoms with Gasteiger partial charge in [0.15, 0.2) is 23.1 Å². The topological polar surface area (TPSA) is 106 Å². The summed E-state index contributed by atoms with van der Waals surface area (Å²) in [6, 6.07) is 22.8. The van der Waals surface area contributed by atoms with Gasteiger partial charge in [0, 0.05) is 32.6 Å². The number of para-hydroxylation sites is 2. The smallest absolute Gasteiger partial charge is 0.189 e. The first kappa shape index (κ1) is 26.5. The minimum atomic E-state index is -0.178. The van der Waals surface area contributed by atoms with Crippen molar-refractivity contribution >= 4 is 55.2 Å². The lowest BCUT2D eigenvalue weighted by Gasteiger charge is -2.02. The molecule has 0 atom stereocenters. The van der Waals surface area contributed by atoms with E-state index in [0.717, 1.165) is 43.7 Å². The molecule has 0 saturated carbocycles. The van der Waals surface area contributed by atoms with E-state index in [1.807, 2.05) is 88.4 Å². The number of benzene rings is 4. The highest BCUT2D eigenvalue weighted by Gasteiger charge is 2.16. The lowest BCUT2D eigenvalue weighted by atomic mass is 10.0. The van der Waals surface area contributed by atoms with Gasteiger partial charge in [-0.1, -0.05) is 59.7 Å². The molecule has 0 aliphatic heterocycles. The zero-order valence-corrected chi connectivity index (χ0v) is 22.8. The Morgan fingerprint density at radius 2 is 0.925 bits per heavy atom. The van der Waals surface area contributed by atoms with Gasteiger partial charge < -0.3 is 20.2 Å². The molecular weight excluding hydrogens is 500 g/mol. The molecular formula is C34H30N2O4. The van der Waals surface area contributed by atoms with Gasteiger partial charge in [-0.25, -0.2) is 0 Å². The maximum Gasteiger partial charge on any atom is 0.189 e. The maximum atomic E-state index is 12.1. The van der Waals surface area contributed by atoms with Crippen molar-refractivity contribution in [3.05, 3.63) is 107 Å². The molecule has 6 rings (SSSR count). The van der Waals surface area contributed by atoms with E-state index in [4.69, 9.17) is 0 Å². The van der Waals surface area contributed by atoms with Crippen LogP contribution in [0.2, 0.25) is 0 Å². The lowest BCUT2D eigenvalue weighted by Crippen LogP contribution is -1.96. The third kappa shape index (κ3) is 4.87. The minimum absolute atomic E-state index is 0.0150. The van der Waals surface area contributed by atoms with Crippen LogP contribution in [0.5, 0.6) is 11.5 Å². The van der Waals surface area contributed by atoms with Crippen LogP contribution in [0.3, 0.4) is 0 Å². The number of hydrogen-bond acceptors (Lipinski definition) is 4. The van der Waals surface area contributed by atoms with E-state index in [1.165, 1.54) is 12.2 Å². The number of ketones is 2. The van der Waals surface area contributed by atoms with E-state index in [0.29, 0.717) is 22.2 Å². The van der Waals surface area contributed by atoms with Gasteiger partial charge in [-0.15, -0.1) is 0 Å². The summed E-state index contributed by atoms with van der Waals surface area (Å²) in [6.45, 7) is 7.43. The molecule has 6 nitrogen and oxygen atoms in total. The van der Waals surface area contributed by atoms with E-state index in [1.54, 1.807) is 12.1 Å². The monoisotopic (exact) mass is 530 g/mol. The number of fused-ring (bicyclic) bond motifs is 6. The summed E-state index contributed by atoms with van der Waals surface area (Å²) in [5.41, 5.74) is 5.58. The first-order chi connectivity index (χ1) is 19.2. The summed E-state index contributed by atoms with van der Waals surface area (Å²) in [4.78, 5) is 30.5. The van der Waals surface area contributed by atoms with Crippen LogP contribution in [-0.4, -0.2) is 31.7 Å². The molecule has 0 saturated heterocycles. The Hall–Kier alpha value is -5.10. The fourth-order valence-electron chi connectivity index (χ4n) is 4.89. The number of allylic oxidation sites excluding steroid dienone is 4. The van der Waals surface area contributed by atoms with Crippen molar-refractivity contribution < 1.29 is 19.8 Å². The number of phenolic OH excluding ortho intramolecular Hbond substituents is 2. The summed E-state index contributed by atoms with van der Waals surface area (Å²) in [7, 11) is 0. The van der Waals surface area contributed by atoms with Crippen molar-refractivity contribution in [1.29, 1.82) is 0 Å². The number of phenols is 2. The van der Waals surface area contributed by atoms with Crippen molar-refractivity contribution in [3.8, 4) is 11.5 Å². The van der Waals surface area contributed by atoms with Gasteiger partial charge in [0.2, 0.25) is 0 Å². The summed E-state index contributed by atoms with van der Waals surface area (Å²) in [6.07, 6.45) is 3.06. The molecule has 2 aromatic heterocycles. The summed E-state index contributed by atoms with van der Waals surface area (Å²) in [5.74, 6) is -0.325. The molecule has 4 N–H and O–H groups in total. The van der Waals surface area contributed by atoms with Crippen molar-refractivity contribution in [2.75, 3.05) is 0 Å². The number of carbonyl (C=O) groups is 2. The Morgan fingerprint density at radius 3 is 1.30 bits per heavy atom. The highest BCUT2D eigenvalue weighted by molar-refractivity contribution is 6.16. The van der Waals surface area contributed by atoms with Crippen LogP contribution in [0.15, 0.2) is 96.1 Å². The fourth-order valence-corrected chi connectivity index (χ4v) is 4.89.